The highest BCUT2D eigenvalue weighted by molar-refractivity contribution is 5.90. The van der Waals surface area contributed by atoms with Gasteiger partial charge in [0.1, 0.15) is 5.78 Å². The molecule has 6 atom stereocenters. The van der Waals surface area contributed by atoms with E-state index in [0.29, 0.717) is 23.5 Å². The molecule has 1 nitrogen and oxygen atoms in total. The molecule has 62 valence electrons. The van der Waals surface area contributed by atoms with Crippen LogP contribution in [0.2, 0.25) is 0 Å². The number of ketones is 1. The topological polar surface area (TPSA) is 17.1 Å². The second-order valence-electron chi connectivity index (χ2n) is 4.96. The quantitative estimate of drug-likeness (QED) is 0.492. The zero-order chi connectivity index (χ0) is 7.87. The van der Waals surface area contributed by atoms with Gasteiger partial charge in [0.05, 0.1) is 0 Å². The van der Waals surface area contributed by atoms with Gasteiger partial charge in [0.15, 0.2) is 0 Å². The Hall–Kier alpha value is -0.590. The van der Waals surface area contributed by atoms with Crippen molar-refractivity contribution < 1.29 is 4.79 Å². The van der Waals surface area contributed by atoms with Gasteiger partial charge >= 0.3 is 0 Å². The molecule has 0 radical (unpaired) electrons. The Morgan fingerprint density at radius 2 is 2.00 bits per heavy atom. The first-order valence-corrected chi connectivity index (χ1v) is 5.08. The minimum Gasteiger partial charge on any atom is -0.299 e. The molecule has 0 heterocycles. The number of hydrogen-bond acceptors (Lipinski definition) is 1. The van der Waals surface area contributed by atoms with Gasteiger partial charge in [-0.2, -0.15) is 0 Å². The molecule has 0 aromatic carbocycles. The number of allylic oxidation sites excluding steroid dienone is 2. The van der Waals surface area contributed by atoms with E-state index in [0.717, 1.165) is 17.8 Å². The molecule has 2 bridgehead atoms. The van der Waals surface area contributed by atoms with Crippen LogP contribution in [0.4, 0.5) is 0 Å². The highest BCUT2D eigenvalue weighted by Crippen LogP contribution is 2.66. The van der Waals surface area contributed by atoms with Gasteiger partial charge in [0.25, 0.3) is 0 Å². The molecule has 1 heteroatoms. The number of carbonyl (C=O) groups excluding carboxylic acids is 1. The monoisotopic (exact) mass is 160 g/mol. The van der Waals surface area contributed by atoms with Crippen LogP contribution in [-0.4, -0.2) is 5.78 Å². The van der Waals surface area contributed by atoms with Crippen LogP contribution in [0.5, 0.6) is 0 Å². The van der Waals surface area contributed by atoms with E-state index in [1.54, 1.807) is 0 Å². The summed E-state index contributed by atoms with van der Waals surface area (Å²) in [5.41, 5.74) is 0. The lowest BCUT2D eigenvalue weighted by molar-refractivity contribution is -0.123. The second-order valence-corrected chi connectivity index (χ2v) is 4.96. The van der Waals surface area contributed by atoms with Gasteiger partial charge in [0, 0.05) is 11.8 Å². The Labute approximate surface area is 71.8 Å². The van der Waals surface area contributed by atoms with E-state index in [2.05, 4.69) is 12.2 Å². The van der Waals surface area contributed by atoms with Crippen molar-refractivity contribution in [2.45, 2.75) is 12.8 Å². The molecule has 0 saturated heterocycles. The standard InChI is InChI=1S/C11H12O/c12-11-8-4-7(8)9-5-1-2-6(3-5)10(9)11/h1-2,5-10H,3-4H2. The number of hydrogen-bond donors (Lipinski definition) is 0. The van der Waals surface area contributed by atoms with E-state index in [1.165, 1.54) is 12.8 Å². The number of fused-ring (bicyclic) bond motifs is 7. The van der Waals surface area contributed by atoms with E-state index in [4.69, 9.17) is 0 Å². The van der Waals surface area contributed by atoms with Gasteiger partial charge in [-0.1, -0.05) is 12.2 Å². The van der Waals surface area contributed by atoms with E-state index in [1.807, 2.05) is 0 Å². The highest BCUT2D eigenvalue weighted by Gasteiger charge is 2.66. The predicted molar refractivity (Wildman–Crippen MR) is 44.3 cm³/mol. The molecular weight excluding hydrogens is 148 g/mol. The van der Waals surface area contributed by atoms with Crippen LogP contribution in [0.1, 0.15) is 12.8 Å². The third-order valence-corrected chi connectivity index (χ3v) is 4.55. The smallest absolute Gasteiger partial charge is 0.140 e. The summed E-state index contributed by atoms with van der Waals surface area (Å²) in [7, 11) is 0. The molecule has 3 fully saturated rings. The van der Waals surface area contributed by atoms with Crippen molar-refractivity contribution in [2.75, 3.05) is 0 Å². The fourth-order valence-electron chi connectivity index (χ4n) is 4.06. The summed E-state index contributed by atoms with van der Waals surface area (Å²) in [6.45, 7) is 0. The van der Waals surface area contributed by atoms with Crippen molar-refractivity contribution in [2.24, 2.45) is 35.5 Å². The molecule has 6 unspecified atom stereocenters. The first kappa shape index (κ1) is 5.95. The summed E-state index contributed by atoms with van der Waals surface area (Å²) in [6, 6.07) is 0. The Morgan fingerprint density at radius 3 is 2.83 bits per heavy atom. The fourth-order valence-corrected chi connectivity index (χ4v) is 4.06. The first-order chi connectivity index (χ1) is 5.86. The van der Waals surface area contributed by atoms with Gasteiger partial charge in [-0.3, -0.25) is 4.79 Å². The van der Waals surface area contributed by atoms with E-state index < -0.39 is 0 Å². The van der Waals surface area contributed by atoms with Crippen LogP contribution >= 0.6 is 0 Å². The summed E-state index contributed by atoms with van der Waals surface area (Å²) in [5.74, 6) is 4.68. The minimum absolute atomic E-state index is 0.476. The average molecular weight is 160 g/mol. The van der Waals surface area contributed by atoms with Crippen LogP contribution in [0.25, 0.3) is 0 Å². The maximum absolute atomic E-state index is 11.8. The fraction of sp³-hybridized carbons (Fsp3) is 0.727. The molecule has 3 saturated carbocycles. The first-order valence-electron chi connectivity index (χ1n) is 5.08. The number of Topliss-reactive ketones (excluding diaryl/α,β-unsaturated/α-hetero) is 1. The molecule has 4 aliphatic carbocycles. The van der Waals surface area contributed by atoms with Gasteiger partial charge in [-0.05, 0) is 36.5 Å². The Bertz CT molecular complexity index is 304. The lowest BCUT2D eigenvalue weighted by Gasteiger charge is -2.21. The van der Waals surface area contributed by atoms with Crippen LogP contribution < -0.4 is 0 Å². The molecule has 0 aromatic heterocycles. The third-order valence-electron chi connectivity index (χ3n) is 4.55. The lowest BCUT2D eigenvalue weighted by atomic mass is 9.82. The molecule has 0 spiro atoms. The largest absolute Gasteiger partial charge is 0.299 e. The van der Waals surface area contributed by atoms with Crippen LogP contribution in [0, 0.1) is 35.5 Å². The molecule has 0 amide bonds. The molecule has 0 N–H and O–H groups in total. The zero-order valence-electron chi connectivity index (χ0n) is 6.94. The molecule has 0 aliphatic heterocycles. The Morgan fingerprint density at radius 1 is 1.17 bits per heavy atom. The Kier molecular flexibility index (Phi) is 0.768. The SMILES string of the molecule is O=C1C2CC2C2C3C=CC(C3)C12. The maximum atomic E-state index is 11.8. The zero-order valence-corrected chi connectivity index (χ0v) is 6.94. The maximum Gasteiger partial charge on any atom is 0.140 e. The van der Waals surface area contributed by atoms with Crippen molar-refractivity contribution in [3.8, 4) is 0 Å². The van der Waals surface area contributed by atoms with E-state index in [9.17, 15) is 4.79 Å². The van der Waals surface area contributed by atoms with Crippen LogP contribution in [0.3, 0.4) is 0 Å². The predicted octanol–water partition coefficient (Wildman–Crippen LogP) is 1.64. The summed E-state index contributed by atoms with van der Waals surface area (Å²) in [5, 5.41) is 0. The van der Waals surface area contributed by atoms with Crippen LogP contribution in [0.15, 0.2) is 12.2 Å². The molecule has 0 aromatic rings. The Balaban J connectivity index is 1.86. The summed E-state index contributed by atoms with van der Waals surface area (Å²) in [4.78, 5) is 11.8. The lowest BCUT2D eigenvalue weighted by Crippen LogP contribution is -2.23. The van der Waals surface area contributed by atoms with Gasteiger partial charge < -0.3 is 0 Å². The normalized spacial score (nSPS) is 63.8. The van der Waals surface area contributed by atoms with E-state index >= 15 is 0 Å². The summed E-state index contributed by atoms with van der Waals surface area (Å²) < 4.78 is 0. The van der Waals surface area contributed by atoms with E-state index in [-0.39, 0.29) is 0 Å². The summed E-state index contributed by atoms with van der Waals surface area (Å²) in [6.07, 6.45) is 7.20. The molecule has 4 rings (SSSR count). The minimum atomic E-state index is 0.476. The molecule has 4 aliphatic rings. The van der Waals surface area contributed by atoms with Crippen molar-refractivity contribution in [1.29, 1.82) is 0 Å². The van der Waals surface area contributed by atoms with Gasteiger partial charge in [0.2, 0.25) is 0 Å². The van der Waals surface area contributed by atoms with Crippen molar-refractivity contribution >= 4 is 5.78 Å². The average Bonchev–Trinajstić information content (AvgIpc) is 2.49. The van der Waals surface area contributed by atoms with Gasteiger partial charge in [-0.25, -0.2) is 0 Å². The van der Waals surface area contributed by atoms with Crippen LogP contribution in [-0.2, 0) is 4.79 Å². The van der Waals surface area contributed by atoms with Crippen molar-refractivity contribution in [3.05, 3.63) is 12.2 Å². The third kappa shape index (κ3) is 0.451. The highest BCUT2D eigenvalue weighted by atomic mass is 16.1. The van der Waals surface area contributed by atoms with Crippen molar-refractivity contribution in [1.82, 2.24) is 0 Å². The second kappa shape index (κ2) is 1.55. The van der Waals surface area contributed by atoms with Gasteiger partial charge in [-0.15, -0.1) is 0 Å². The molecule has 12 heavy (non-hydrogen) atoms. The number of carbonyl (C=O) groups is 1. The summed E-state index contributed by atoms with van der Waals surface area (Å²) >= 11 is 0. The number of rotatable bonds is 0. The van der Waals surface area contributed by atoms with Crippen molar-refractivity contribution in [3.63, 3.8) is 0 Å². The molecular formula is C11H12O.